The Balaban J connectivity index is 2.11. The highest BCUT2D eigenvalue weighted by molar-refractivity contribution is 5.98. The molecule has 0 saturated heterocycles. The molecule has 0 atom stereocenters. The number of pyridine rings is 1. The minimum absolute atomic E-state index is 0.0284. The van der Waals surface area contributed by atoms with Gasteiger partial charge in [0.25, 0.3) is 5.56 Å². The number of hydrogen-bond acceptors (Lipinski definition) is 4. The highest BCUT2D eigenvalue weighted by Gasteiger charge is 2.25. The largest absolute Gasteiger partial charge is 0.384 e. The standard InChI is InChI=1S/C21H22N4O3/c1-3-24-20(27)18(17(26)14-23-12-8-7-9-15(23)2)19(22)25(21(24)28)13-16-10-5-4-6-11-16/h4-12H,3,13-14H2,1-2H3,(H-,22,26,27)/p+1. The molecule has 2 N–H and O–H groups in total. The second kappa shape index (κ2) is 8.04. The van der Waals surface area contributed by atoms with Gasteiger partial charge in [0.1, 0.15) is 11.4 Å². The summed E-state index contributed by atoms with van der Waals surface area (Å²) in [6.45, 7) is 3.88. The molecular formula is C21H23N4O3+. The predicted molar refractivity (Wildman–Crippen MR) is 106 cm³/mol. The first-order valence-electron chi connectivity index (χ1n) is 9.09. The third-order valence-corrected chi connectivity index (χ3v) is 4.73. The van der Waals surface area contributed by atoms with Crippen molar-refractivity contribution in [3.8, 4) is 0 Å². The maximum Gasteiger partial charge on any atom is 0.332 e. The fraction of sp³-hybridized carbons (Fsp3) is 0.238. The van der Waals surface area contributed by atoms with E-state index in [1.54, 1.807) is 17.7 Å². The molecule has 0 unspecified atom stereocenters. The third kappa shape index (κ3) is 3.64. The lowest BCUT2D eigenvalue weighted by molar-refractivity contribution is -0.689. The fourth-order valence-electron chi connectivity index (χ4n) is 3.15. The predicted octanol–water partition coefficient (Wildman–Crippen LogP) is 1.14. The van der Waals surface area contributed by atoms with E-state index in [1.807, 2.05) is 55.5 Å². The first-order chi connectivity index (χ1) is 13.4. The Morgan fingerprint density at radius 2 is 1.71 bits per heavy atom. The lowest BCUT2D eigenvalue weighted by atomic mass is 10.1. The third-order valence-electron chi connectivity index (χ3n) is 4.73. The Bertz CT molecular complexity index is 1130. The van der Waals surface area contributed by atoms with Gasteiger partial charge in [0.2, 0.25) is 12.3 Å². The van der Waals surface area contributed by atoms with Crippen molar-refractivity contribution in [3.63, 3.8) is 0 Å². The van der Waals surface area contributed by atoms with E-state index >= 15 is 0 Å². The molecular weight excluding hydrogens is 356 g/mol. The Kier molecular flexibility index (Phi) is 5.54. The van der Waals surface area contributed by atoms with Gasteiger partial charge in [-0.15, -0.1) is 0 Å². The van der Waals surface area contributed by atoms with Crippen LogP contribution in [0.25, 0.3) is 0 Å². The van der Waals surface area contributed by atoms with Crippen LogP contribution in [0.3, 0.4) is 0 Å². The first-order valence-corrected chi connectivity index (χ1v) is 9.09. The summed E-state index contributed by atoms with van der Waals surface area (Å²) in [5, 5.41) is 0. The fourth-order valence-corrected chi connectivity index (χ4v) is 3.15. The molecule has 0 saturated carbocycles. The number of benzene rings is 1. The quantitative estimate of drug-likeness (QED) is 0.514. The van der Waals surface area contributed by atoms with E-state index in [1.165, 1.54) is 4.57 Å². The van der Waals surface area contributed by atoms with Gasteiger partial charge in [-0.3, -0.25) is 18.7 Å². The lowest BCUT2D eigenvalue weighted by Crippen LogP contribution is -2.47. The van der Waals surface area contributed by atoms with Crippen molar-refractivity contribution in [2.45, 2.75) is 33.5 Å². The molecule has 0 amide bonds. The molecule has 0 fully saturated rings. The number of nitrogens with zero attached hydrogens (tertiary/aromatic N) is 3. The van der Waals surface area contributed by atoms with Crippen LogP contribution in [-0.2, 0) is 19.6 Å². The average Bonchev–Trinajstić information content (AvgIpc) is 2.68. The van der Waals surface area contributed by atoms with E-state index in [0.717, 1.165) is 15.8 Å². The Labute approximate surface area is 162 Å². The van der Waals surface area contributed by atoms with Crippen LogP contribution in [0.1, 0.15) is 28.5 Å². The maximum absolute atomic E-state index is 13.0. The average molecular weight is 379 g/mol. The van der Waals surface area contributed by atoms with Crippen molar-refractivity contribution in [1.29, 1.82) is 0 Å². The van der Waals surface area contributed by atoms with Crippen molar-refractivity contribution in [3.05, 3.63) is 92.4 Å². The zero-order valence-corrected chi connectivity index (χ0v) is 16.0. The summed E-state index contributed by atoms with van der Waals surface area (Å²) in [4.78, 5) is 38.5. The number of ketones is 1. The topological polar surface area (TPSA) is 91.0 Å². The van der Waals surface area contributed by atoms with Crippen LogP contribution in [0.15, 0.2) is 64.3 Å². The highest BCUT2D eigenvalue weighted by atomic mass is 16.2. The van der Waals surface area contributed by atoms with Gasteiger partial charge >= 0.3 is 5.69 Å². The Hall–Kier alpha value is -3.48. The summed E-state index contributed by atoms with van der Waals surface area (Å²) in [7, 11) is 0. The van der Waals surface area contributed by atoms with Gasteiger partial charge in [-0.2, -0.15) is 4.57 Å². The van der Waals surface area contributed by atoms with Gasteiger partial charge in [0.15, 0.2) is 11.9 Å². The van der Waals surface area contributed by atoms with E-state index in [2.05, 4.69) is 0 Å². The zero-order chi connectivity index (χ0) is 20.3. The molecule has 0 aliphatic carbocycles. The minimum Gasteiger partial charge on any atom is -0.384 e. The van der Waals surface area contributed by atoms with Crippen molar-refractivity contribution < 1.29 is 9.36 Å². The van der Waals surface area contributed by atoms with Crippen molar-refractivity contribution in [2.75, 3.05) is 5.73 Å². The molecule has 7 nitrogen and oxygen atoms in total. The number of Topliss-reactive ketones (excluding diaryl/α,β-unsaturated/α-hetero) is 1. The smallest absolute Gasteiger partial charge is 0.332 e. The molecule has 0 bridgehead atoms. The molecule has 0 radical (unpaired) electrons. The van der Waals surface area contributed by atoms with Crippen LogP contribution in [-0.4, -0.2) is 14.9 Å². The number of hydrogen-bond donors (Lipinski definition) is 1. The second-order valence-corrected chi connectivity index (χ2v) is 6.56. The van der Waals surface area contributed by atoms with Crippen LogP contribution < -0.4 is 21.5 Å². The van der Waals surface area contributed by atoms with E-state index in [-0.39, 0.29) is 31.0 Å². The molecule has 0 aliphatic rings. The van der Waals surface area contributed by atoms with Gasteiger partial charge < -0.3 is 5.73 Å². The van der Waals surface area contributed by atoms with Gasteiger partial charge in [-0.25, -0.2) is 4.79 Å². The summed E-state index contributed by atoms with van der Waals surface area (Å²) in [6, 6.07) is 14.9. The summed E-state index contributed by atoms with van der Waals surface area (Å²) >= 11 is 0. The van der Waals surface area contributed by atoms with Crippen LogP contribution in [0, 0.1) is 6.92 Å². The van der Waals surface area contributed by atoms with E-state index in [4.69, 9.17) is 5.73 Å². The molecule has 2 heterocycles. The van der Waals surface area contributed by atoms with Crippen molar-refractivity contribution >= 4 is 11.6 Å². The number of carbonyl (C=O) groups is 1. The van der Waals surface area contributed by atoms with Crippen molar-refractivity contribution in [2.24, 2.45) is 0 Å². The van der Waals surface area contributed by atoms with Gasteiger partial charge in [-0.05, 0) is 12.5 Å². The highest BCUT2D eigenvalue weighted by Crippen LogP contribution is 2.10. The molecule has 7 heteroatoms. The first kappa shape index (κ1) is 19.3. The number of carbonyl (C=O) groups excluding carboxylic acids is 1. The van der Waals surface area contributed by atoms with Gasteiger partial charge in [0, 0.05) is 25.6 Å². The number of anilines is 1. The molecule has 0 spiro atoms. The number of nitrogens with two attached hydrogens (primary N) is 1. The summed E-state index contributed by atoms with van der Waals surface area (Å²) in [6.07, 6.45) is 1.77. The number of rotatable bonds is 6. The maximum atomic E-state index is 13.0. The number of aromatic nitrogens is 3. The molecule has 144 valence electrons. The van der Waals surface area contributed by atoms with Gasteiger partial charge in [-0.1, -0.05) is 36.4 Å². The van der Waals surface area contributed by atoms with Crippen LogP contribution in [0.4, 0.5) is 5.82 Å². The number of nitrogen functional groups attached to an aromatic ring is 1. The summed E-state index contributed by atoms with van der Waals surface area (Å²) in [5.41, 5.74) is 6.59. The van der Waals surface area contributed by atoms with E-state index < -0.39 is 17.0 Å². The molecule has 3 aromatic rings. The van der Waals surface area contributed by atoms with E-state index in [9.17, 15) is 14.4 Å². The zero-order valence-electron chi connectivity index (χ0n) is 16.0. The summed E-state index contributed by atoms with van der Waals surface area (Å²) in [5.74, 6) is -0.520. The molecule has 3 rings (SSSR count). The normalized spacial score (nSPS) is 10.8. The van der Waals surface area contributed by atoms with Crippen LogP contribution in [0.2, 0.25) is 0 Å². The SMILES string of the molecule is CCn1c(=O)c(C(=O)C[n+]2ccccc2C)c(N)n(Cc2ccccc2)c1=O. The molecule has 0 aliphatic heterocycles. The van der Waals surface area contributed by atoms with Gasteiger partial charge in [0.05, 0.1) is 6.54 Å². The monoisotopic (exact) mass is 379 g/mol. The van der Waals surface area contributed by atoms with Crippen LogP contribution >= 0.6 is 0 Å². The minimum atomic E-state index is -0.645. The molecule has 1 aromatic carbocycles. The lowest BCUT2D eigenvalue weighted by Gasteiger charge is -2.15. The Morgan fingerprint density at radius 1 is 1.04 bits per heavy atom. The van der Waals surface area contributed by atoms with Crippen LogP contribution in [0.5, 0.6) is 0 Å². The Morgan fingerprint density at radius 3 is 2.36 bits per heavy atom. The molecule has 28 heavy (non-hydrogen) atoms. The number of aryl methyl sites for hydroxylation is 1. The van der Waals surface area contributed by atoms with Crippen molar-refractivity contribution in [1.82, 2.24) is 9.13 Å². The second-order valence-electron chi connectivity index (χ2n) is 6.56. The molecule has 2 aromatic heterocycles. The summed E-state index contributed by atoms with van der Waals surface area (Å²) < 4.78 is 4.08. The van der Waals surface area contributed by atoms with E-state index in [0.29, 0.717) is 0 Å².